The maximum atomic E-state index is 12.9. The van der Waals surface area contributed by atoms with Crippen LogP contribution in [-0.2, 0) is 12.8 Å². The van der Waals surface area contributed by atoms with E-state index in [0.29, 0.717) is 23.8 Å². The third-order valence-electron chi connectivity index (χ3n) is 5.35. The van der Waals surface area contributed by atoms with Crippen LogP contribution in [0.3, 0.4) is 0 Å². The van der Waals surface area contributed by atoms with E-state index < -0.39 is 0 Å². The van der Waals surface area contributed by atoms with E-state index in [9.17, 15) is 4.79 Å². The summed E-state index contributed by atoms with van der Waals surface area (Å²) < 4.78 is 0. The van der Waals surface area contributed by atoms with E-state index in [0.717, 1.165) is 30.9 Å². The molecule has 2 saturated heterocycles. The lowest BCUT2D eigenvalue weighted by molar-refractivity contribution is 0.0716. The first-order valence-electron chi connectivity index (χ1n) is 7.91. The average molecular weight is 290 g/mol. The molecule has 4 rings (SSSR count). The second kappa shape index (κ2) is 4.85. The molecule has 3 atom stereocenters. The minimum atomic E-state index is 0.297. The average Bonchev–Trinajstić information content (AvgIpc) is 3.15. The molecule has 4 heteroatoms. The molecule has 3 nitrogen and oxygen atoms in total. The maximum Gasteiger partial charge on any atom is 0.264 e. The van der Waals surface area contributed by atoms with Crippen LogP contribution < -0.4 is 5.32 Å². The zero-order valence-corrected chi connectivity index (χ0v) is 12.8. The van der Waals surface area contributed by atoms with Crippen LogP contribution in [0, 0.1) is 11.8 Å². The van der Waals surface area contributed by atoms with Crippen LogP contribution in [0.5, 0.6) is 0 Å². The van der Waals surface area contributed by atoms with Gasteiger partial charge < -0.3 is 10.2 Å². The van der Waals surface area contributed by atoms with Gasteiger partial charge in [-0.1, -0.05) is 6.92 Å². The lowest BCUT2D eigenvalue weighted by Crippen LogP contribution is -2.39. The fourth-order valence-corrected chi connectivity index (χ4v) is 5.57. The molecule has 1 aromatic heterocycles. The van der Waals surface area contributed by atoms with Gasteiger partial charge in [-0.3, -0.25) is 4.79 Å². The summed E-state index contributed by atoms with van der Waals surface area (Å²) in [5, 5.41) is 3.48. The normalized spacial score (nSPS) is 31.6. The van der Waals surface area contributed by atoms with Crippen molar-refractivity contribution in [3.63, 3.8) is 0 Å². The molecule has 1 amide bonds. The van der Waals surface area contributed by atoms with Gasteiger partial charge in [0.1, 0.15) is 0 Å². The third kappa shape index (κ3) is 1.85. The highest BCUT2D eigenvalue weighted by Gasteiger charge is 2.45. The van der Waals surface area contributed by atoms with Gasteiger partial charge in [-0.2, -0.15) is 0 Å². The van der Waals surface area contributed by atoms with Crippen LogP contribution in [0.25, 0.3) is 0 Å². The number of fused-ring (bicyclic) bond motifs is 2. The van der Waals surface area contributed by atoms with Crippen molar-refractivity contribution in [3.05, 3.63) is 21.4 Å². The second-order valence-corrected chi connectivity index (χ2v) is 7.56. The molecule has 0 aromatic carbocycles. The van der Waals surface area contributed by atoms with Gasteiger partial charge in [0.05, 0.1) is 4.88 Å². The zero-order valence-electron chi connectivity index (χ0n) is 12.0. The number of hydrogen-bond donors (Lipinski definition) is 1. The van der Waals surface area contributed by atoms with Gasteiger partial charge >= 0.3 is 0 Å². The minimum Gasteiger partial charge on any atom is -0.334 e. The van der Waals surface area contributed by atoms with Gasteiger partial charge in [-0.25, -0.2) is 0 Å². The van der Waals surface area contributed by atoms with Gasteiger partial charge in [-0.15, -0.1) is 11.3 Å². The van der Waals surface area contributed by atoms with Gasteiger partial charge in [0.15, 0.2) is 0 Å². The smallest absolute Gasteiger partial charge is 0.264 e. The fourth-order valence-electron chi connectivity index (χ4n) is 4.36. The minimum absolute atomic E-state index is 0.297. The summed E-state index contributed by atoms with van der Waals surface area (Å²) in [7, 11) is 0. The van der Waals surface area contributed by atoms with Crippen molar-refractivity contribution in [2.24, 2.45) is 11.8 Å². The highest BCUT2D eigenvalue weighted by Crippen LogP contribution is 2.37. The van der Waals surface area contributed by atoms with E-state index in [1.807, 2.05) is 0 Å². The van der Waals surface area contributed by atoms with Crippen LogP contribution in [0.15, 0.2) is 6.07 Å². The fraction of sp³-hybridized carbons (Fsp3) is 0.688. The molecule has 2 fully saturated rings. The number of hydrogen-bond acceptors (Lipinski definition) is 3. The Morgan fingerprint density at radius 1 is 1.45 bits per heavy atom. The molecular weight excluding hydrogens is 268 g/mol. The summed E-state index contributed by atoms with van der Waals surface area (Å²) in [6.45, 7) is 5.36. The van der Waals surface area contributed by atoms with Crippen molar-refractivity contribution in [2.75, 3.05) is 19.6 Å². The highest BCUT2D eigenvalue weighted by atomic mass is 32.1. The van der Waals surface area contributed by atoms with Crippen LogP contribution in [0.4, 0.5) is 0 Å². The molecule has 20 heavy (non-hydrogen) atoms. The number of aryl methyl sites for hydroxylation is 2. The lowest BCUT2D eigenvalue weighted by atomic mass is 9.93. The Balaban J connectivity index is 1.58. The summed E-state index contributed by atoms with van der Waals surface area (Å²) in [4.78, 5) is 17.5. The maximum absolute atomic E-state index is 12.9. The number of likely N-dealkylation sites (tertiary alicyclic amines) is 1. The number of carbonyl (C=O) groups is 1. The van der Waals surface area contributed by atoms with Crippen molar-refractivity contribution >= 4 is 17.2 Å². The molecule has 1 N–H and O–H groups in total. The molecule has 1 aromatic rings. The van der Waals surface area contributed by atoms with E-state index in [-0.39, 0.29) is 0 Å². The molecule has 3 heterocycles. The van der Waals surface area contributed by atoms with Crippen LogP contribution >= 0.6 is 11.3 Å². The van der Waals surface area contributed by atoms with Crippen LogP contribution in [0.1, 0.15) is 39.9 Å². The standard InChI is InChI=1S/C16H22N2OS/c1-2-13-12-8-17-7-11(12)9-18(13)16(19)15-6-10-4-3-5-14(10)20-15/h6,11-13,17H,2-5,7-9H2,1H3. The molecule has 0 spiro atoms. The van der Waals surface area contributed by atoms with E-state index in [1.165, 1.54) is 29.7 Å². The van der Waals surface area contributed by atoms with E-state index in [4.69, 9.17) is 0 Å². The number of rotatable bonds is 2. The Labute approximate surface area is 124 Å². The highest BCUT2D eigenvalue weighted by molar-refractivity contribution is 7.14. The second-order valence-electron chi connectivity index (χ2n) is 6.43. The third-order valence-corrected chi connectivity index (χ3v) is 6.58. The van der Waals surface area contributed by atoms with Crippen molar-refractivity contribution in [1.29, 1.82) is 0 Å². The summed E-state index contributed by atoms with van der Waals surface area (Å²) in [6.07, 6.45) is 4.71. The topological polar surface area (TPSA) is 32.3 Å². The zero-order chi connectivity index (χ0) is 13.7. The Hall–Kier alpha value is -0.870. The molecular formula is C16H22N2OS. The number of nitrogens with one attached hydrogen (secondary N) is 1. The summed E-state index contributed by atoms with van der Waals surface area (Å²) >= 11 is 1.75. The van der Waals surface area contributed by atoms with Crippen LogP contribution in [-0.4, -0.2) is 36.5 Å². The first-order valence-corrected chi connectivity index (χ1v) is 8.73. The Bertz CT molecular complexity index is 517. The van der Waals surface area contributed by atoms with E-state index >= 15 is 0 Å². The van der Waals surface area contributed by atoms with E-state index in [1.54, 1.807) is 11.3 Å². The van der Waals surface area contributed by atoms with Gasteiger partial charge in [0.2, 0.25) is 0 Å². The molecule has 0 bridgehead atoms. The monoisotopic (exact) mass is 290 g/mol. The molecule has 108 valence electrons. The predicted octanol–water partition coefficient (Wildman–Crippen LogP) is 2.31. The van der Waals surface area contributed by atoms with Crippen molar-refractivity contribution in [2.45, 2.75) is 38.6 Å². The SMILES string of the molecule is CCC1C2CNCC2CN1C(=O)c1cc2c(s1)CCC2. The van der Waals surface area contributed by atoms with Crippen molar-refractivity contribution in [1.82, 2.24) is 10.2 Å². The lowest BCUT2D eigenvalue weighted by Gasteiger charge is -2.26. The number of carbonyl (C=O) groups excluding carboxylic acids is 1. The first kappa shape index (κ1) is 12.8. The summed E-state index contributed by atoms with van der Waals surface area (Å²) in [5.74, 6) is 1.65. The molecule has 3 aliphatic rings. The Morgan fingerprint density at radius 2 is 2.35 bits per heavy atom. The van der Waals surface area contributed by atoms with Gasteiger partial charge in [-0.05, 0) is 49.1 Å². The quantitative estimate of drug-likeness (QED) is 0.906. The molecule has 2 aliphatic heterocycles. The predicted molar refractivity (Wildman–Crippen MR) is 81.3 cm³/mol. The van der Waals surface area contributed by atoms with Crippen molar-refractivity contribution in [3.8, 4) is 0 Å². The largest absolute Gasteiger partial charge is 0.334 e. The molecule has 0 saturated carbocycles. The summed E-state index contributed by atoms with van der Waals surface area (Å²) in [6, 6.07) is 2.62. The number of nitrogens with zero attached hydrogens (tertiary/aromatic N) is 1. The Kier molecular flexibility index (Phi) is 3.11. The molecule has 1 aliphatic carbocycles. The molecule has 0 radical (unpaired) electrons. The molecule has 3 unspecified atom stereocenters. The van der Waals surface area contributed by atoms with E-state index in [2.05, 4.69) is 23.2 Å². The van der Waals surface area contributed by atoms with Crippen molar-refractivity contribution < 1.29 is 4.79 Å². The number of amides is 1. The van der Waals surface area contributed by atoms with Gasteiger partial charge in [0, 0.05) is 30.6 Å². The Morgan fingerprint density at radius 3 is 3.15 bits per heavy atom. The van der Waals surface area contributed by atoms with Crippen LogP contribution in [0.2, 0.25) is 0 Å². The summed E-state index contributed by atoms with van der Waals surface area (Å²) in [5.41, 5.74) is 1.44. The number of thiophene rings is 1. The van der Waals surface area contributed by atoms with Gasteiger partial charge in [0.25, 0.3) is 5.91 Å². The first-order chi connectivity index (χ1) is 9.78.